The molecule has 0 heterocycles. The molecular formula is C11H12BrF2NO. The summed E-state index contributed by atoms with van der Waals surface area (Å²) in [5, 5.41) is 0.629. The molecule has 0 atom stereocenters. The van der Waals surface area contributed by atoms with Crippen LogP contribution in [0.2, 0.25) is 0 Å². The van der Waals surface area contributed by atoms with Crippen LogP contribution >= 0.6 is 15.9 Å². The van der Waals surface area contributed by atoms with Crippen LogP contribution in [0.25, 0.3) is 0 Å². The van der Waals surface area contributed by atoms with E-state index in [1.54, 1.807) is 0 Å². The molecule has 1 aromatic carbocycles. The number of rotatable bonds is 4. The lowest BCUT2D eigenvalue weighted by atomic mass is 10.2. The summed E-state index contributed by atoms with van der Waals surface area (Å²) in [5.41, 5.74) is 0.0419. The van der Waals surface area contributed by atoms with Gasteiger partial charge in [0.25, 0.3) is 5.91 Å². The van der Waals surface area contributed by atoms with Crippen molar-refractivity contribution in [3.05, 3.63) is 35.4 Å². The molecule has 5 heteroatoms. The molecule has 1 rings (SSSR count). The van der Waals surface area contributed by atoms with Gasteiger partial charge in [-0.25, -0.2) is 8.78 Å². The Bertz CT molecular complexity index is 364. The molecule has 0 spiro atoms. The first kappa shape index (κ1) is 13.1. The van der Waals surface area contributed by atoms with Crippen LogP contribution in [0.15, 0.2) is 18.2 Å². The fourth-order valence-electron chi connectivity index (χ4n) is 1.37. The maximum absolute atomic E-state index is 12.9. The van der Waals surface area contributed by atoms with Crippen molar-refractivity contribution in [2.24, 2.45) is 0 Å². The van der Waals surface area contributed by atoms with Crippen molar-refractivity contribution < 1.29 is 13.6 Å². The van der Waals surface area contributed by atoms with Crippen LogP contribution in [-0.2, 0) is 0 Å². The normalized spacial score (nSPS) is 10.2. The second-order valence-corrected chi connectivity index (χ2v) is 4.02. The number of carbonyl (C=O) groups excluding carboxylic acids is 1. The number of alkyl halides is 1. The zero-order valence-electron chi connectivity index (χ0n) is 8.84. The van der Waals surface area contributed by atoms with Crippen LogP contribution in [0.4, 0.5) is 8.78 Å². The quantitative estimate of drug-likeness (QED) is 0.781. The van der Waals surface area contributed by atoms with Crippen LogP contribution in [0.1, 0.15) is 17.3 Å². The predicted octanol–water partition coefficient (Wildman–Crippen LogP) is 2.82. The van der Waals surface area contributed by atoms with Gasteiger partial charge in [0.2, 0.25) is 0 Å². The topological polar surface area (TPSA) is 20.3 Å². The smallest absolute Gasteiger partial charge is 0.254 e. The summed E-state index contributed by atoms with van der Waals surface area (Å²) in [6.45, 7) is 2.83. The van der Waals surface area contributed by atoms with Gasteiger partial charge in [-0.2, -0.15) is 0 Å². The molecule has 0 aromatic heterocycles. The summed E-state index contributed by atoms with van der Waals surface area (Å²) in [7, 11) is 0. The minimum atomic E-state index is -0.738. The molecule has 0 saturated carbocycles. The standard InChI is InChI=1S/C11H12BrF2NO/c1-2-15(4-3-12)11(16)8-5-9(13)7-10(14)6-8/h5-7H,2-4H2,1H3. The Balaban J connectivity index is 2.94. The van der Waals surface area contributed by atoms with Crippen molar-refractivity contribution in [2.45, 2.75) is 6.92 Å². The molecule has 0 aliphatic heterocycles. The number of carbonyl (C=O) groups is 1. The lowest BCUT2D eigenvalue weighted by Gasteiger charge is -2.19. The van der Waals surface area contributed by atoms with Crippen molar-refractivity contribution >= 4 is 21.8 Å². The molecule has 0 bridgehead atoms. The number of hydrogen-bond donors (Lipinski definition) is 0. The summed E-state index contributed by atoms with van der Waals surface area (Å²) in [4.78, 5) is 13.4. The van der Waals surface area contributed by atoms with E-state index in [9.17, 15) is 13.6 Å². The Morgan fingerprint density at radius 3 is 2.31 bits per heavy atom. The Morgan fingerprint density at radius 1 is 1.31 bits per heavy atom. The van der Waals surface area contributed by atoms with Crippen LogP contribution in [0.5, 0.6) is 0 Å². The van der Waals surface area contributed by atoms with E-state index >= 15 is 0 Å². The minimum Gasteiger partial charge on any atom is -0.338 e. The lowest BCUT2D eigenvalue weighted by molar-refractivity contribution is 0.0774. The monoisotopic (exact) mass is 291 g/mol. The second-order valence-electron chi connectivity index (χ2n) is 3.23. The van der Waals surface area contributed by atoms with Crippen LogP contribution in [-0.4, -0.2) is 29.2 Å². The van der Waals surface area contributed by atoms with E-state index in [1.807, 2.05) is 6.92 Å². The maximum atomic E-state index is 12.9. The van der Waals surface area contributed by atoms with E-state index < -0.39 is 11.6 Å². The number of benzene rings is 1. The molecule has 0 aliphatic carbocycles. The van der Waals surface area contributed by atoms with Crippen LogP contribution in [0, 0.1) is 11.6 Å². The van der Waals surface area contributed by atoms with E-state index in [0.717, 1.165) is 18.2 Å². The van der Waals surface area contributed by atoms with Gasteiger partial charge in [0.05, 0.1) is 0 Å². The highest BCUT2D eigenvalue weighted by Gasteiger charge is 2.15. The largest absolute Gasteiger partial charge is 0.338 e. The summed E-state index contributed by atoms with van der Waals surface area (Å²) >= 11 is 3.22. The third kappa shape index (κ3) is 3.27. The highest BCUT2D eigenvalue weighted by atomic mass is 79.9. The molecule has 0 radical (unpaired) electrons. The molecule has 1 aromatic rings. The highest BCUT2D eigenvalue weighted by Crippen LogP contribution is 2.10. The van der Waals surface area contributed by atoms with Crippen LogP contribution < -0.4 is 0 Å². The van der Waals surface area contributed by atoms with Gasteiger partial charge in [-0.1, -0.05) is 15.9 Å². The summed E-state index contributed by atoms with van der Waals surface area (Å²) in [5.74, 6) is -1.84. The number of nitrogens with zero attached hydrogens (tertiary/aromatic N) is 1. The van der Waals surface area contributed by atoms with Crippen LogP contribution in [0.3, 0.4) is 0 Å². The molecule has 0 unspecified atom stereocenters. The SMILES string of the molecule is CCN(CCBr)C(=O)c1cc(F)cc(F)c1. The van der Waals surface area contributed by atoms with Gasteiger partial charge in [-0.05, 0) is 19.1 Å². The lowest BCUT2D eigenvalue weighted by Crippen LogP contribution is -2.32. The zero-order valence-corrected chi connectivity index (χ0v) is 10.4. The van der Waals surface area contributed by atoms with Crippen molar-refractivity contribution in [1.29, 1.82) is 0 Å². The Labute approximate surface area is 101 Å². The first-order valence-electron chi connectivity index (χ1n) is 4.89. The molecule has 1 amide bonds. The van der Waals surface area contributed by atoms with E-state index in [0.29, 0.717) is 18.4 Å². The van der Waals surface area contributed by atoms with Gasteiger partial charge in [-0.15, -0.1) is 0 Å². The molecule has 0 aliphatic rings. The maximum Gasteiger partial charge on any atom is 0.254 e. The van der Waals surface area contributed by atoms with Gasteiger partial charge < -0.3 is 4.90 Å². The van der Waals surface area contributed by atoms with E-state index in [1.165, 1.54) is 4.90 Å². The first-order chi connectivity index (χ1) is 7.58. The average Bonchev–Trinajstić information content (AvgIpc) is 2.23. The Morgan fingerprint density at radius 2 is 1.88 bits per heavy atom. The molecule has 2 nitrogen and oxygen atoms in total. The molecule has 88 valence electrons. The number of amides is 1. The fraction of sp³-hybridized carbons (Fsp3) is 0.364. The molecule has 0 N–H and O–H groups in total. The fourth-order valence-corrected chi connectivity index (χ4v) is 1.79. The van der Waals surface area contributed by atoms with Crippen molar-refractivity contribution in [3.63, 3.8) is 0 Å². The van der Waals surface area contributed by atoms with Gasteiger partial charge in [0.1, 0.15) is 11.6 Å². The molecule has 0 saturated heterocycles. The van der Waals surface area contributed by atoms with Crippen molar-refractivity contribution in [2.75, 3.05) is 18.4 Å². The minimum absolute atomic E-state index is 0.0419. The van der Waals surface area contributed by atoms with E-state index in [2.05, 4.69) is 15.9 Å². The Kier molecular flexibility index (Phi) is 4.86. The van der Waals surface area contributed by atoms with Crippen molar-refractivity contribution in [3.8, 4) is 0 Å². The highest BCUT2D eigenvalue weighted by molar-refractivity contribution is 9.09. The summed E-state index contributed by atoms with van der Waals surface area (Å²) in [6.07, 6.45) is 0. The predicted molar refractivity (Wildman–Crippen MR) is 61.7 cm³/mol. The van der Waals surface area contributed by atoms with Gasteiger partial charge in [0.15, 0.2) is 0 Å². The average molecular weight is 292 g/mol. The third-order valence-corrected chi connectivity index (χ3v) is 2.49. The zero-order chi connectivity index (χ0) is 12.1. The Hall–Kier alpha value is -0.970. The van der Waals surface area contributed by atoms with Gasteiger partial charge in [0, 0.05) is 30.0 Å². The molecule has 0 fully saturated rings. The van der Waals surface area contributed by atoms with Crippen molar-refractivity contribution in [1.82, 2.24) is 4.90 Å². The number of halogens is 3. The number of hydrogen-bond acceptors (Lipinski definition) is 1. The van der Waals surface area contributed by atoms with Gasteiger partial charge in [-0.3, -0.25) is 4.79 Å². The molecular weight excluding hydrogens is 280 g/mol. The van der Waals surface area contributed by atoms with E-state index in [-0.39, 0.29) is 11.5 Å². The van der Waals surface area contributed by atoms with Gasteiger partial charge >= 0.3 is 0 Å². The van der Waals surface area contributed by atoms with E-state index in [4.69, 9.17) is 0 Å². The second kappa shape index (κ2) is 5.94. The molecule has 16 heavy (non-hydrogen) atoms. The summed E-state index contributed by atoms with van der Waals surface area (Å²) in [6, 6.07) is 2.84. The first-order valence-corrected chi connectivity index (χ1v) is 6.02. The summed E-state index contributed by atoms with van der Waals surface area (Å²) < 4.78 is 25.8. The third-order valence-electron chi connectivity index (χ3n) is 2.13.